The molecule has 13 heavy (non-hydrogen) atoms. The highest BCUT2D eigenvalue weighted by molar-refractivity contribution is 4.85. The van der Waals surface area contributed by atoms with Crippen molar-refractivity contribution in [3.8, 4) is 0 Å². The lowest BCUT2D eigenvalue weighted by molar-refractivity contribution is -0.106. The molecular formula is C10H21NO2. The molecule has 0 radical (unpaired) electrons. The summed E-state index contributed by atoms with van der Waals surface area (Å²) < 4.78 is 5.52. The summed E-state index contributed by atoms with van der Waals surface area (Å²) >= 11 is 0. The van der Waals surface area contributed by atoms with Crippen molar-refractivity contribution in [2.45, 2.75) is 44.3 Å². The molecule has 3 nitrogen and oxygen atoms in total. The molecule has 2 unspecified atom stereocenters. The minimum atomic E-state index is -0.484. The first kappa shape index (κ1) is 11.0. The fraction of sp³-hybridized carbons (Fsp3) is 1.00. The highest BCUT2D eigenvalue weighted by Gasteiger charge is 2.33. The molecule has 1 aliphatic rings. The maximum atomic E-state index is 10.2. The Morgan fingerprint density at radius 1 is 1.62 bits per heavy atom. The van der Waals surface area contributed by atoms with Gasteiger partial charge in [0.05, 0.1) is 11.7 Å². The molecule has 0 bridgehead atoms. The summed E-state index contributed by atoms with van der Waals surface area (Å²) in [7, 11) is 1.92. The van der Waals surface area contributed by atoms with E-state index >= 15 is 0 Å². The molecule has 2 N–H and O–H groups in total. The largest absolute Gasteiger partial charge is 0.390 e. The highest BCUT2D eigenvalue weighted by atomic mass is 16.5. The van der Waals surface area contributed by atoms with Crippen molar-refractivity contribution in [2.24, 2.45) is 0 Å². The molecule has 1 aliphatic heterocycles. The molecule has 0 aromatic rings. The monoisotopic (exact) mass is 187 g/mol. The summed E-state index contributed by atoms with van der Waals surface area (Å²) in [6.45, 7) is 3.69. The lowest BCUT2D eigenvalue weighted by atomic mass is 9.86. The summed E-state index contributed by atoms with van der Waals surface area (Å²) in [5.41, 5.74) is -0.484. The second kappa shape index (κ2) is 4.94. The van der Waals surface area contributed by atoms with E-state index in [1.54, 1.807) is 0 Å². The molecule has 0 spiro atoms. The first-order valence-corrected chi connectivity index (χ1v) is 5.19. The van der Waals surface area contributed by atoms with E-state index in [1.807, 2.05) is 7.05 Å². The molecule has 0 amide bonds. The predicted molar refractivity (Wildman–Crippen MR) is 52.8 cm³/mol. The van der Waals surface area contributed by atoms with Gasteiger partial charge in [0.1, 0.15) is 0 Å². The summed E-state index contributed by atoms with van der Waals surface area (Å²) in [4.78, 5) is 0. The maximum Gasteiger partial charge on any atom is 0.0706 e. The third-order valence-corrected chi connectivity index (χ3v) is 2.82. The number of rotatable bonds is 4. The Labute approximate surface area is 80.5 Å². The second-order valence-electron chi connectivity index (χ2n) is 3.93. The van der Waals surface area contributed by atoms with Crippen LogP contribution in [0.3, 0.4) is 0 Å². The van der Waals surface area contributed by atoms with Crippen molar-refractivity contribution in [3.05, 3.63) is 0 Å². The zero-order valence-corrected chi connectivity index (χ0v) is 8.68. The van der Waals surface area contributed by atoms with Crippen LogP contribution in [0.2, 0.25) is 0 Å². The van der Waals surface area contributed by atoms with Crippen molar-refractivity contribution in [2.75, 3.05) is 20.2 Å². The Kier molecular flexibility index (Phi) is 4.16. The standard InChI is InChI=1S/C10H21NO2/c1-3-9-8-10(12,4-6-11-2)5-7-13-9/h9,11-12H,3-8H2,1-2H3. The fourth-order valence-electron chi connectivity index (χ4n) is 1.85. The van der Waals surface area contributed by atoms with Gasteiger partial charge < -0.3 is 15.2 Å². The zero-order chi connectivity index (χ0) is 9.73. The number of hydrogen-bond donors (Lipinski definition) is 2. The van der Waals surface area contributed by atoms with Gasteiger partial charge in [-0.2, -0.15) is 0 Å². The van der Waals surface area contributed by atoms with Gasteiger partial charge in [-0.1, -0.05) is 6.92 Å². The molecule has 2 atom stereocenters. The van der Waals surface area contributed by atoms with Gasteiger partial charge in [-0.15, -0.1) is 0 Å². The van der Waals surface area contributed by atoms with Gasteiger partial charge in [-0.3, -0.25) is 0 Å². The van der Waals surface area contributed by atoms with Crippen LogP contribution in [0.4, 0.5) is 0 Å². The second-order valence-corrected chi connectivity index (χ2v) is 3.93. The van der Waals surface area contributed by atoms with E-state index in [0.29, 0.717) is 6.61 Å². The summed E-state index contributed by atoms with van der Waals surface area (Å²) in [5.74, 6) is 0. The normalized spacial score (nSPS) is 34.8. The Bertz CT molecular complexity index is 152. The van der Waals surface area contributed by atoms with Crippen LogP contribution in [0, 0.1) is 0 Å². The van der Waals surface area contributed by atoms with Crippen LogP contribution in [0.25, 0.3) is 0 Å². The van der Waals surface area contributed by atoms with E-state index in [2.05, 4.69) is 12.2 Å². The smallest absolute Gasteiger partial charge is 0.0706 e. The van der Waals surface area contributed by atoms with Crippen molar-refractivity contribution < 1.29 is 9.84 Å². The summed E-state index contributed by atoms with van der Waals surface area (Å²) in [5, 5.41) is 13.3. The quantitative estimate of drug-likeness (QED) is 0.687. The molecule has 0 aromatic heterocycles. The average Bonchev–Trinajstić information content (AvgIpc) is 2.15. The van der Waals surface area contributed by atoms with Crippen LogP contribution in [0.1, 0.15) is 32.6 Å². The van der Waals surface area contributed by atoms with Crippen LogP contribution >= 0.6 is 0 Å². The molecule has 1 fully saturated rings. The first-order valence-electron chi connectivity index (χ1n) is 5.19. The van der Waals surface area contributed by atoms with Crippen molar-refractivity contribution in [3.63, 3.8) is 0 Å². The van der Waals surface area contributed by atoms with E-state index in [0.717, 1.165) is 32.2 Å². The van der Waals surface area contributed by atoms with E-state index < -0.39 is 5.60 Å². The van der Waals surface area contributed by atoms with E-state index in [9.17, 15) is 5.11 Å². The fourth-order valence-corrected chi connectivity index (χ4v) is 1.85. The molecule has 1 saturated heterocycles. The molecule has 3 heteroatoms. The number of ether oxygens (including phenoxy) is 1. The van der Waals surface area contributed by atoms with Gasteiger partial charge in [0, 0.05) is 13.0 Å². The summed E-state index contributed by atoms with van der Waals surface area (Å²) in [6.07, 6.45) is 3.68. The van der Waals surface area contributed by atoms with Gasteiger partial charge in [0.2, 0.25) is 0 Å². The maximum absolute atomic E-state index is 10.2. The minimum Gasteiger partial charge on any atom is -0.390 e. The highest BCUT2D eigenvalue weighted by Crippen LogP contribution is 2.28. The topological polar surface area (TPSA) is 41.5 Å². The third-order valence-electron chi connectivity index (χ3n) is 2.82. The summed E-state index contributed by atoms with van der Waals surface area (Å²) in [6, 6.07) is 0. The van der Waals surface area contributed by atoms with Crippen LogP contribution in [-0.4, -0.2) is 37.0 Å². The average molecular weight is 187 g/mol. The van der Waals surface area contributed by atoms with Gasteiger partial charge >= 0.3 is 0 Å². The van der Waals surface area contributed by atoms with Crippen molar-refractivity contribution in [1.29, 1.82) is 0 Å². The number of hydrogen-bond acceptors (Lipinski definition) is 3. The molecule has 78 valence electrons. The zero-order valence-electron chi connectivity index (χ0n) is 8.68. The van der Waals surface area contributed by atoms with Crippen LogP contribution in [0.15, 0.2) is 0 Å². The van der Waals surface area contributed by atoms with Crippen LogP contribution in [0.5, 0.6) is 0 Å². The molecule has 0 saturated carbocycles. The van der Waals surface area contributed by atoms with E-state index in [-0.39, 0.29) is 6.10 Å². The Balaban J connectivity index is 2.37. The molecule has 1 rings (SSSR count). The predicted octanol–water partition coefficient (Wildman–Crippen LogP) is 0.916. The van der Waals surface area contributed by atoms with Gasteiger partial charge in [0.25, 0.3) is 0 Å². The molecule has 0 aliphatic carbocycles. The minimum absolute atomic E-state index is 0.260. The van der Waals surface area contributed by atoms with E-state index in [1.165, 1.54) is 0 Å². The number of nitrogens with one attached hydrogen (secondary N) is 1. The van der Waals surface area contributed by atoms with E-state index in [4.69, 9.17) is 4.74 Å². The lowest BCUT2D eigenvalue weighted by Crippen LogP contribution is -2.42. The third kappa shape index (κ3) is 3.25. The SMILES string of the molecule is CCC1CC(O)(CCNC)CCO1. The van der Waals surface area contributed by atoms with Gasteiger partial charge in [0.15, 0.2) is 0 Å². The first-order chi connectivity index (χ1) is 6.20. The lowest BCUT2D eigenvalue weighted by Gasteiger charge is -2.36. The Morgan fingerprint density at radius 3 is 3.00 bits per heavy atom. The van der Waals surface area contributed by atoms with Crippen molar-refractivity contribution >= 4 is 0 Å². The Morgan fingerprint density at radius 2 is 2.38 bits per heavy atom. The molecule has 1 heterocycles. The van der Waals surface area contributed by atoms with Crippen LogP contribution in [-0.2, 0) is 4.74 Å². The number of aliphatic hydroxyl groups is 1. The Hall–Kier alpha value is -0.120. The van der Waals surface area contributed by atoms with Crippen LogP contribution < -0.4 is 5.32 Å². The molecular weight excluding hydrogens is 166 g/mol. The molecule has 0 aromatic carbocycles. The van der Waals surface area contributed by atoms with Gasteiger partial charge in [-0.25, -0.2) is 0 Å². The van der Waals surface area contributed by atoms with Gasteiger partial charge in [-0.05, 0) is 32.9 Å². The van der Waals surface area contributed by atoms with Crippen molar-refractivity contribution in [1.82, 2.24) is 5.32 Å².